The van der Waals surface area contributed by atoms with Gasteiger partial charge in [0.2, 0.25) is 11.8 Å². The number of nitrogens with one attached hydrogen (secondary N) is 3. The Bertz CT molecular complexity index is 801. The summed E-state index contributed by atoms with van der Waals surface area (Å²) < 4.78 is 5.21. The van der Waals surface area contributed by atoms with Crippen molar-refractivity contribution in [3.63, 3.8) is 0 Å². The fraction of sp³-hybridized carbons (Fsp3) is 0.444. The number of benzene rings is 1. The Morgan fingerprint density at radius 1 is 1.22 bits per heavy atom. The molecule has 1 aromatic carbocycles. The molecule has 0 radical (unpaired) electrons. The van der Waals surface area contributed by atoms with Crippen molar-refractivity contribution in [1.82, 2.24) is 10.2 Å². The summed E-state index contributed by atoms with van der Waals surface area (Å²) in [5.41, 5.74) is -0.0321. The molecule has 1 spiro atoms. The molecule has 144 valence electrons. The van der Waals surface area contributed by atoms with Gasteiger partial charge in [-0.3, -0.25) is 19.3 Å². The van der Waals surface area contributed by atoms with Gasteiger partial charge in [-0.25, -0.2) is 4.79 Å². The molecule has 1 heterocycles. The normalized spacial score (nSPS) is 17.8. The SMILES string of the molecule is COc1ccc(NC(C)=O)cc1NC(=O)CN1C(=O)NC2(CCCC2)C1=O. The van der Waals surface area contributed by atoms with Crippen molar-refractivity contribution < 1.29 is 23.9 Å². The fourth-order valence-corrected chi connectivity index (χ4v) is 3.56. The van der Waals surface area contributed by atoms with Crippen molar-refractivity contribution in [2.75, 3.05) is 24.3 Å². The highest BCUT2D eigenvalue weighted by Crippen LogP contribution is 2.35. The molecule has 0 unspecified atom stereocenters. The van der Waals surface area contributed by atoms with E-state index in [0.29, 0.717) is 30.0 Å². The molecule has 9 heteroatoms. The molecule has 9 nitrogen and oxygen atoms in total. The average molecular weight is 374 g/mol. The molecule has 1 aliphatic carbocycles. The van der Waals surface area contributed by atoms with Crippen LogP contribution in [0.25, 0.3) is 0 Å². The molecule has 1 aromatic rings. The van der Waals surface area contributed by atoms with Crippen LogP contribution in [0, 0.1) is 0 Å². The van der Waals surface area contributed by atoms with Gasteiger partial charge in [-0.15, -0.1) is 0 Å². The first-order valence-electron chi connectivity index (χ1n) is 8.74. The minimum absolute atomic E-state index is 0.251. The largest absolute Gasteiger partial charge is 0.495 e. The van der Waals surface area contributed by atoms with Gasteiger partial charge in [0, 0.05) is 12.6 Å². The lowest BCUT2D eigenvalue weighted by Crippen LogP contribution is -2.44. The number of rotatable bonds is 5. The highest BCUT2D eigenvalue weighted by Gasteiger charge is 2.52. The molecule has 3 rings (SSSR count). The Kier molecular flexibility index (Phi) is 5.02. The van der Waals surface area contributed by atoms with Crippen LogP contribution < -0.4 is 20.7 Å². The molecule has 0 aromatic heterocycles. The number of hydrogen-bond acceptors (Lipinski definition) is 5. The number of nitrogens with zero attached hydrogens (tertiary/aromatic N) is 1. The Morgan fingerprint density at radius 2 is 1.93 bits per heavy atom. The highest BCUT2D eigenvalue weighted by molar-refractivity contribution is 6.10. The van der Waals surface area contributed by atoms with Crippen LogP contribution in [0.2, 0.25) is 0 Å². The molecule has 2 fully saturated rings. The molecule has 0 bridgehead atoms. The molecule has 3 N–H and O–H groups in total. The number of imide groups is 1. The van der Waals surface area contributed by atoms with E-state index in [9.17, 15) is 19.2 Å². The van der Waals surface area contributed by atoms with E-state index < -0.39 is 17.5 Å². The van der Waals surface area contributed by atoms with Crippen molar-refractivity contribution in [3.05, 3.63) is 18.2 Å². The maximum atomic E-state index is 12.6. The van der Waals surface area contributed by atoms with Crippen molar-refractivity contribution in [2.24, 2.45) is 0 Å². The second-order valence-electron chi connectivity index (χ2n) is 6.76. The maximum absolute atomic E-state index is 12.6. The molecular weight excluding hydrogens is 352 g/mol. The van der Waals surface area contributed by atoms with Crippen LogP contribution in [0.4, 0.5) is 16.2 Å². The first-order valence-corrected chi connectivity index (χ1v) is 8.74. The molecule has 0 atom stereocenters. The fourth-order valence-electron chi connectivity index (χ4n) is 3.56. The van der Waals surface area contributed by atoms with Crippen LogP contribution in [-0.4, -0.2) is 47.8 Å². The van der Waals surface area contributed by atoms with E-state index in [-0.39, 0.29) is 18.4 Å². The smallest absolute Gasteiger partial charge is 0.325 e. The van der Waals surface area contributed by atoms with Crippen molar-refractivity contribution in [3.8, 4) is 5.75 Å². The van der Waals surface area contributed by atoms with Crippen molar-refractivity contribution in [1.29, 1.82) is 0 Å². The molecule has 27 heavy (non-hydrogen) atoms. The molecule has 1 aliphatic heterocycles. The minimum atomic E-state index is -0.847. The monoisotopic (exact) mass is 374 g/mol. The predicted octanol–water partition coefficient (Wildman–Crippen LogP) is 1.46. The summed E-state index contributed by atoms with van der Waals surface area (Å²) in [6.45, 7) is 0.985. The summed E-state index contributed by atoms with van der Waals surface area (Å²) >= 11 is 0. The van der Waals surface area contributed by atoms with Gasteiger partial charge in [0.1, 0.15) is 17.8 Å². The van der Waals surface area contributed by atoms with Crippen LogP contribution in [0.15, 0.2) is 18.2 Å². The first kappa shape index (κ1) is 18.7. The number of hydrogen-bond donors (Lipinski definition) is 3. The van der Waals surface area contributed by atoms with E-state index in [1.165, 1.54) is 14.0 Å². The lowest BCUT2D eigenvalue weighted by atomic mass is 9.98. The summed E-state index contributed by atoms with van der Waals surface area (Å²) in [6.07, 6.45) is 2.95. The standard InChI is InChI=1S/C18H22N4O5/c1-11(23)19-12-5-6-14(27-2)13(9-12)20-15(24)10-22-16(25)18(21-17(22)26)7-3-4-8-18/h5-6,9H,3-4,7-8,10H2,1-2H3,(H,19,23)(H,20,24)(H,21,26). The van der Waals surface area contributed by atoms with E-state index in [4.69, 9.17) is 4.74 Å². The van der Waals surface area contributed by atoms with Gasteiger partial charge in [0.15, 0.2) is 0 Å². The van der Waals surface area contributed by atoms with E-state index in [2.05, 4.69) is 16.0 Å². The maximum Gasteiger partial charge on any atom is 0.325 e. The second kappa shape index (κ2) is 7.26. The molecule has 2 aliphatic rings. The van der Waals surface area contributed by atoms with Gasteiger partial charge in [0.05, 0.1) is 12.8 Å². The van der Waals surface area contributed by atoms with E-state index >= 15 is 0 Å². The van der Waals surface area contributed by atoms with E-state index in [0.717, 1.165) is 17.7 Å². The zero-order valence-corrected chi connectivity index (χ0v) is 15.3. The highest BCUT2D eigenvalue weighted by atomic mass is 16.5. The van der Waals surface area contributed by atoms with Crippen molar-refractivity contribution >= 4 is 35.1 Å². The van der Waals surface area contributed by atoms with Gasteiger partial charge in [0.25, 0.3) is 5.91 Å². The molecule has 1 saturated heterocycles. The van der Waals surface area contributed by atoms with Crippen LogP contribution in [0.5, 0.6) is 5.75 Å². The molecule has 1 saturated carbocycles. The zero-order valence-electron chi connectivity index (χ0n) is 15.3. The number of amides is 5. The Hall–Kier alpha value is -3.10. The Morgan fingerprint density at radius 3 is 2.56 bits per heavy atom. The summed E-state index contributed by atoms with van der Waals surface area (Å²) in [5, 5.41) is 7.99. The molecular formula is C18H22N4O5. The third kappa shape index (κ3) is 3.71. The van der Waals surface area contributed by atoms with Crippen LogP contribution in [0.1, 0.15) is 32.6 Å². The van der Waals surface area contributed by atoms with Gasteiger partial charge >= 0.3 is 6.03 Å². The Labute approximate surface area is 156 Å². The third-order valence-electron chi connectivity index (χ3n) is 4.80. The zero-order chi connectivity index (χ0) is 19.6. The average Bonchev–Trinajstić information content (AvgIpc) is 3.16. The molecule has 5 amide bonds. The number of carbonyl (C=O) groups is 4. The predicted molar refractivity (Wildman–Crippen MR) is 97.4 cm³/mol. The van der Waals surface area contributed by atoms with E-state index in [1.54, 1.807) is 18.2 Å². The van der Waals surface area contributed by atoms with Crippen LogP contribution in [0.3, 0.4) is 0 Å². The summed E-state index contributed by atoms with van der Waals surface area (Å²) in [4.78, 5) is 49.4. The summed E-state index contributed by atoms with van der Waals surface area (Å²) in [7, 11) is 1.45. The first-order chi connectivity index (χ1) is 12.8. The lowest BCUT2D eigenvalue weighted by Gasteiger charge is -2.20. The second-order valence-corrected chi connectivity index (χ2v) is 6.76. The quantitative estimate of drug-likeness (QED) is 0.675. The Balaban J connectivity index is 1.71. The number of urea groups is 1. The topological polar surface area (TPSA) is 117 Å². The number of methoxy groups -OCH3 is 1. The summed E-state index contributed by atoms with van der Waals surface area (Å²) in [5.74, 6) is -0.744. The third-order valence-corrected chi connectivity index (χ3v) is 4.80. The van der Waals surface area contributed by atoms with Gasteiger partial charge in [-0.1, -0.05) is 12.8 Å². The van der Waals surface area contributed by atoms with Gasteiger partial charge < -0.3 is 20.7 Å². The van der Waals surface area contributed by atoms with Gasteiger partial charge in [-0.2, -0.15) is 0 Å². The van der Waals surface area contributed by atoms with E-state index in [1.807, 2.05) is 0 Å². The van der Waals surface area contributed by atoms with Crippen LogP contribution >= 0.6 is 0 Å². The van der Waals surface area contributed by atoms with Crippen LogP contribution in [-0.2, 0) is 14.4 Å². The lowest BCUT2D eigenvalue weighted by molar-refractivity contribution is -0.133. The van der Waals surface area contributed by atoms with Gasteiger partial charge in [-0.05, 0) is 31.0 Å². The number of anilines is 2. The van der Waals surface area contributed by atoms with Crippen molar-refractivity contribution in [2.45, 2.75) is 38.1 Å². The number of carbonyl (C=O) groups excluding carboxylic acids is 4. The number of ether oxygens (including phenoxy) is 1. The summed E-state index contributed by atoms with van der Waals surface area (Å²) in [6, 6.07) is 4.23. The minimum Gasteiger partial charge on any atom is -0.495 e.